The molecule has 5 nitrogen and oxygen atoms in total. The third kappa shape index (κ3) is 2.68. The predicted molar refractivity (Wildman–Crippen MR) is 53.3 cm³/mol. The lowest BCUT2D eigenvalue weighted by Gasteiger charge is -2.33. The Balaban J connectivity index is 2.50. The molecule has 1 heterocycles. The van der Waals surface area contributed by atoms with E-state index in [2.05, 4.69) is 0 Å². The molecule has 1 amide bonds. The minimum absolute atomic E-state index is 0.186. The lowest BCUT2D eigenvalue weighted by atomic mass is 10.1. The highest BCUT2D eigenvalue weighted by atomic mass is 32.2. The molecule has 0 spiro atoms. The minimum atomic E-state index is -3.06. The van der Waals surface area contributed by atoms with E-state index >= 15 is 0 Å². The van der Waals surface area contributed by atoms with Gasteiger partial charge in [0.05, 0.1) is 6.26 Å². The van der Waals surface area contributed by atoms with Crippen molar-refractivity contribution in [1.82, 2.24) is 9.21 Å². The first-order chi connectivity index (χ1) is 6.45. The van der Waals surface area contributed by atoms with Gasteiger partial charge in [-0.1, -0.05) is 0 Å². The molecule has 14 heavy (non-hydrogen) atoms. The summed E-state index contributed by atoms with van der Waals surface area (Å²) in [6.45, 7) is 1.03. The number of sulfonamides is 1. The van der Waals surface area contributed by atoms with Crippen LogP contribution in [0.4, 0.5) is 0 Å². The van der Waals surface area contributed by atoms with Gasteiger partial charge in [-0.15, -0.1) is 0 Å². The van der Waals surface area contributed by atoms with Crippen LogP contribution in [0, 0.1) is 0 Å². The molecule has 0 aromatic rings. The second-order valence-electron chi connectivity index (χ2n) is 3.66. The van der Waals surface area contributed by atoms with Crippen molar-refractivity contribution in [3.8, 4) is 0 Å². The van der Waals surface area contributed by atoms with Crippen molar-refractivity contribution in [1.29, 1.82) is 0 Å². The minimum Gasteiger partial charge on any atom is -0.345 e. The third-order valence-corrected chi connectivity index (χ3v) is 3.94. The number of amides is 1. The van der Waals surface area contributed by atoms with Gasteiger partial charge < -0.3 is 4.90 Å². The van der Waals surface area contributed by atoms with Crippen molar-refractivity contribution in [2.45, 2.75) is 18.9 Å². The molecule has 0 aliphatic carbocycles. The van der Waals surface area contributed by atoms with Crippen LogP contribution in [0.2, 0.25) is 0 Å². The first-order valence-electron chi connectivity index (χ1n) is 4.57. The first kappa shape index (κ1) is 11.5. The maximum absolute atomic E-state index is 11.2. The fraction of sp³-hybridized carbons (Fsp3) is 0.875. The summed E-state index contributed by atoms with van der Waals surface area (Å²) < 4.78 is 23.8. The van der Waals surface area contributed by atoms with Crippen molar-refractivity contribution >= 4 is 16.4 Å². The van der Waals surface area contributed by atoms with Gasteiger partial charge in [-0.3, -0.25) is 4.79 Å². The Kier molecular flexibility index (Phi) is 3.49. The molecule has 0 radical (unpaired) electrons. The van der Waals surface area contributed by atoms with E-state index in [1.54, 1.807) is 11.9 Å². The zero-order valence-electron chi connectivity index (χ0n) is 8.51. The number of carbonyl (C=O) groups is 1. The number of hydrogen-bond acceptors (Lipinski definition) is 3. The highest BCUT2D eigenvalue weighted by Gasteiger charge is 2.26. The van der Waals surface area contributed by atoms with E-state index in [0.717, 1.165) is 19.3 Å². The van der Waals surface area contributed by atoms with Gasteiger partial charge >= 0.3 is 0 Å². The molecule has 0 bridgehead atoms. The van der Waals surface area contributed by atoms with Gasteiger partial charge in [-0.05, 0) is 12.8 Å². The van der Waals surface area contributed by atoms with Crippen LogP contribution in [0.15, 0.2) is 0 Å². The van der Waals surface area contributed by atoms with E-state index in [-0.39, 0.29) is 6.04 Å². The number of piperidine rings is 1. The molecule has 6 heteroatoms. The monoisotopic (exact) mass is 220 g/mol. The maximum Gasteiger partial charge on any atom is 0.211 e. The zero-order valence-corrected chi connectivity index (χ0v) is 9.33. The van der Waals surface area contributed by atoms with Gasteiger partial charge in [0, 0.05) is 26.2 Å². The van der Waals surface area contributed by atoms with Crippen molar-refractivity contribution in [2.75, 3.05) is 26.4 Å². The summed E-state index contributed by atoms with van der Waals surface area (Å²) >= 11 is 0. The average Bonchev–Trinajstić information content (AvgIpc) is 2.15. The van der Waals surface area contributed by atoms with Gasteiger partial charge in [0.1, 0.15) is 0 Å². The lowest BCUT2D eigenvalue weighted by Crippen LogP contribution is -2.44. The van der Waals surface area contributed by atoms with E-state index in [4.69, 9.17) is 0 Å². The van der Waals surface area contributed by atoms with Crippen LogP contribution in [0.5, 0.6) is 0 Å². The molecule has 0 N–H and O–H groups in total. The topological polar surface area (TPSA) is 57.7 Å². The molecule has 1 rings (SSSR count). The molecule has 0 aromatic carbocycles. The number of hydrogen-bond donors (Lipinski definition) is 0. The van der Waals surface area contributed by atoms with E-state index in [1.165, 1.54) is 10.6 Å². The van der Waals surface area contributed by atoms with Crippen LogP contribution < -0.4 is 0 Å². The van der Waals surface area contributed by atoms with Crippen molar-refractivity contribution in [3.05, 3.63) is 0 Å². The highest BCUT2D eigenvalue weighted by molar-refractivity contribution is 7.88. The summed E-state index contributed by atoms with van der Waals surface area (Å²) in [7, 11) is -1.33. The van der Waals surface area contributed by atoms with Gasteiger partial charge in [0.15, 0.2) is 0 Å². The summed E-state index contributed by atoms with van der Waals surface area (Å²) in [5.41, 5.74) is 0. The molecule has 1 aliphatic heterocycles. The van der Waals surface area contributed by atoms with Gasteiger partial charge in [-0.25, -0.2) is 12.7 Å². The third-order valence-electron chi connectivity index (χ3n) is 2.63. The van der Waals surface area contributed by atoms with Crippen LogP contribution in [0.25, 0.3) is 0 Å². The van der Waals surface area contributed by atoms with Crippen molar-refractivity contribution in [2.24, 2.45) is 0 Å². The van der Waals surface area contributed by atoms with E-state index in [0.29, 0.717) is 13.1 Å². The summed E-state index contributed by atoms with van der Waals surface area (Å²) in [5, 5.41) is 0. The molecular weight excluding hydrogens is 204 g/mol. The van der Waals surface area contributed by atoms with Crippen molar-refractivity contribution < 1.29 is 13.2 Å². The molecule has 1 saturated heterocycles. The van der Waals surface area contributed by atoms with Crippen LogP contribution in [-0.4, -0.2) is 56.5 Å². The van der Waals surface area contributed by atoms with Gasteiger partial charge in [0.25, 0.3) is 0 Å². The predicted octanol–water partition coefficient (Wildman–Crippen LogP) is -0.501. The Morgan fingerprint density at radius 3 is 2.21 bits per heavy atom. The van der Waals surface area contributed by atoms with Crippen LogP contribution in [0.1, 0.15) is 12.8 Å². The standard InChI is InChI=1S/C8H16N2O3S/c1-9(7-11)8-3-5-10(6-4-8)14(2,12)13/h7-8H,3-6H2,1-2H3. The number of nitrogens with zero attached hydrogens (tertiary/aromatic N) is 2. The average molecular weight is 220 g/mol. The molecule has 0 unspecified atom stereocenters. The molecule has 0 aromatic heterocycles. The fourth-order valence-corrected chi connectivity index (χ4v) is 2.54. The quantitative estimate of drug-likeness (QED) is 0.602. The number of rotatable bonds is 3. The molecule has 0 saturated carbocycles. The summed E-state index contributed by atoms with van der Waals surface area (Å²) in [5.74, 6) is 0. The zero-order chi connectivity index (χ0) is 10.8. The lowest BCUT2D eigenvalue weighted by molar-refractivity contribution is -0.119. The Morgan fingerprint density at radius 1 is 1.36 bits per heavy atom. The van der Waals surface area contributed by atoms with Crippen molar-refractivity contribution in [3.63, 3.8) is 0 Å². The Hall–Kier alpha value is -0.620. The summed E-state index contributed by atoms with van der Waals surface area (Å²) in [6.07, 6.45) is 3.46. The molecule has 1 fully saturated rings. The van der Waals surface area contributed by atoms with Gasteiger partial charge in [0.2, 0.25) is 16.4 Å². The second-order valence-corrected chi connectivity index (χ2v) is 5.65. The van der Waals surface area contributed by atoms with Gasteiger partial charge in [-0.2, -0.15) is 0 Å². The molecule has 1 aliphatic rings. The Bertz CT molecular complexity index is 294. The first-order valence-corrected chi connectivity index (χ1v) is 6.42. The maximum atomic E-state index is 11.2. The molecule has 0 atom stereocenters. The van der Waals surface area contributed by atoms with E-state index in [9.17, 15) is 13.2 Å². The Morgan fingerprint density at radius 2 is 1.86 bits per heavy atom. The molecule has 82 valence electrons. The van der Waals surface area contributed by atoms with Crippen LogP contribution >= 0.6 is 0 Å². The smallest absolute Gasteiger partial charge is 0.211 e. The van der Waals surface area contributed by atoms with E-state index in [1.807, 2.05) is 0 Å². The summed E-state index contributed by atoms with van der Waals surface area (Å²) in [6, 6.07) is 0.186. The highest BCUT2D eigenvalue weighted by Crippen LogP contribution is 2.16. The fourth-order valence-electron chi connectivity index (χ4n) is 1.67. The normalized spacial score (nSPS) is 20.7. The second kappa shape index (κ2) is 4.27. The summed E-state index contributed by atoms with van der Waals surface area (Å²) in [4.78, 5) is 12.1. The SMILES string of the molecule is CN(C=O)C1CCN(S(C)(=O)=O)CC1. The van der Waals surface area contributed by atoms with Crippen LogP contribution in [0.3, 0.4) is 0 Å². The Labute approximate surface area is 84.7 Å². The van der Waals surface area contributed by atoms with Crippen LogP contribution in [-0.2, 0) is 14.8 Å². The number of carbonyl (C=O) groups excluding carboxylic acids is 1. The van der Waals surface area contributed by atoms with E-state index < -0.39 is 10.0 Å². The largest absolute Gasteiger partial charge is 0.345 e. The molecular formula is C8H16N2O3S.